The molecule has 0 heterocycles. The predicted octanol–water partition coefficient (Wildman–Crippen LogP) is 2.15. The fourth-order valence-corrected chi connectivity index (χ4v) is 2.25. The summed E-state index contributed by atoms with van der Waals surface area (Å²) in [6.07, 6.45) is 5.21. The molecule has 0 bridgehead atoms. The van der Waals surface area contributed by atoms with E-state index < -0.39 is 7.67 Å². The Kier molecular flexibility index (Phi) is 6.36. The lowest BCUT2D eigenvalue weighted by Gasteiger charge is -2.13. The summed E-state index contributed by atoms with van der Waals surface area (Å²) >= 11 is 0. The van der Waals surface area contributed by atoms with Crippen LogP contribution in [0.2, 0.25) is 0 Å². The van der Waals surface area contributed by atoms with E-state index in [1.807, 2.05) is 18.2 Å². The lowest BCUT2D eigenvalue weighted by Crippen LogP contribution is -2.11. The van der Waals surface area contributed by atoms with Gasteiger partial charge >= 0.3 is 7.67 Å². The van der Waals surface area contributed by atoms with Gasteiger partial charge in [0.25, 0.3) is 0 Å². The van der Waals surface area contributed by atoms with Crippen molar-refractivity contribution in [2.75, 3.05) is 6.54 Å². The van der Waals surface area contributed by atoms with E-state index in [-0.39, 0.29) is 0 Å². The summed E-state index contributed by atoms with van der Waals surface area (Å²) in [5.74, 6) is 0.518. The van der Waals surface area contributed by atoms with E-state index in [9.17, 15) is 4.57 Å². The molecule has 102 valence electrons. The van der Waals surface area contributed by atoms with Crippen LogP contribution >= 0.6 is 7.67 Å². The first-order chi connectivity index (χ1) is 8.53. The van der Waals surface area contributed by atoms with Crippen LogP contribution in [0.3, 0.4) is 0 Å². The Morgan fingerprint density at radius 3 is 2.39 bits per heavy atom. The Balaban J connectivity index is 2.51. The van der Waals surface area contributed by atoms with Crippen LogP contribution in [0.25, 0.3) is 0 Å². The van der Waals surface area contributed by atoms with Crippen molar-refractivity contribution in [1.82, 2.24) is 0 Å². The Bertz CT molecular complexity index is 406. The topological polar surface area (TPSA) is 104 Å². The highest BCUT2D eigenvalue weighted by Crippen LogP contribution is 2.33. The first-order valence-corrected chi connectivity index (χ1v) is 7.94. The molecule has 0 aliphatic rings. The normalized spacial score (nSPS) is 11.5. The van der Waals surface area contributed by atoms with Gasteiger partial charge in [0.15, 0.2) is 0 Å². The molecule has 0 fully saturated rings. The number of hydrogen-bond acceptors (Lipinski definition) is 3. The highest BCUT2D eigenvalue weighted by atomic mass is 31.2. The first-order valence-electron chi connectivity index (χ1n) is 6.17. The number of rotatable bonds is 8. The van der Waals surface area contributed by atoms with Crippen LogP contribution in [0, 0.1) is 0 Å². The van der Waals surface area contributed by atoms with Crippen molar-refractivity contribution in [2.24, 2.45) is 16.7 Å². The summed E-state index contributed by atoms with van der Waals surface area (Å²) in [7, 11) is -3.48. The van der Waals surface area contributed by atoms with E-state index in [2.05, 4.69) is 0 Å². The molecule has 0 amide bonds. The second-order valence-corrected chi connectivity index (χ2v) is 5.77. The van der Waals surface area contributed by atoms with Gasteiger partial charge in [-0.25, -0.2) is 15.6 Å². The average Bonchev–Trinajstić information content (AvgIpc) is 2.29. The molecule has 1 aromatic carbocycles. The molecule has 6 N–H and O–H groups in total. The van der Waals surface area contributed by atoms with Crippen LogP contribution in [0.1, 0.15) is 31.2 Å². The van der Waals surface area contributed by atoms with Gasteiger partial charge in [-0.1, -0.05) is 31.0 Å². The summed E-state index contributed by atoms with van der Waals surface area (Å²) in [6.45, 7) is 0.739. The van der Waals surface area contributed by atoms with E-state index in [1.54, 1.807) is 6.07 Å². The van der Waals surface area contributed by atoms with Gasteiger partial charge in [-0.15, -0.1) is 0 Å². The van der Waals surface area contributed by atoms with Crippen LogP contribution in [-0.4, -0.2) is 6.54 Å². The number of hydrogen-bond donors (Lipinski definition) is 3. The third-order valence-electron chi connectivity index (χ3n) is 2.61. The number of para-hydroxylation sites is 1. The fraction of sp³-hybridized carbons (Fsp3) is 0.500. The standard InChI is InChI=1S/C12H22N3O2P/c13-10-6-2-1-3-7-11-8-4-5-9-12(11)17-18(14,15)16/h4-5,8-9H,1-3,6-7,10,13H2,(H4,14,15,16). The van der Waals surface area contributed by atoms with Gasteiger partial charge in [-0.3, -0.25) is 0 Å². The number of nitrogens with two attached hydrogens (primary N) is 3. The maximum absolute atomic E-state index is 11.3. The highest BCUT2D eigenvalue weighted by molar-refractivity contribution is 7.54. The lowest BCUT2D eigenvalue weighted by atomic mass is 10.1. The maximum Gasteiger partial charge on any atom is 0.385 e. The van der Waals surface area contributed by atoms with Gasteiger partial charge in [0, 0.05) is 0 Å². The van der Waals surface area contributed by atoms with Crippen LogP contribution in [0.4, 0.5) is 0 Å². The molecule has 0 radical (unpaired) electrons. The second kappa shape index (κ2) is 7.54. The Hall–Kier alpha value is -0.870. The molecule has 0 spiro atoms. The summed E-state index contributed by atoms with van der Waals surface area (Å²) in [6, 6.07) is 7.40. The monoisotopic (exact) mass is 271 g/mol. The molecule has 0 unspecified atom stereocenters. The molecule has 18 heavy (non-hydrogen) atoms. The Labute approximate surface area is 108 Å². The van der Waals surface area contributed by atoms with Gasteiger partial charge in [-0.05, 0) is 37.4 Å². The Morgan fingerprint density at radius 1 is 1.06 bits per heavy atom. The predicted molar refractivity (Wildman–Crippen MR) is 74.3 cm³/mol. The fourth-order valence-electron chi connectivity index (χ4n) is 1.77. The zero-order chi connectivity index (χ0) is 13.4. The minimum Gasteiger partial charge on any atom is -0.422 e. The molecular formula is C12H22N3O2P. The van der Waals surface area contributed by atoms with Gasteiger partial charge < -0.3 is 10.3 Å². The first kappa shape index (κ1) is 15.2. The van der Waals surface area contributed by atoms with Crippen molar-refractivity contribution < 1.29 is 9.09 Å². The zero-order valence-corrected chi connectivity index (χ0v) is 11.4. The van der Waals surface area contributed by atoms with Crippen LogP contribution in [0.5, 0.6) is 5.75 Å². The van der Waals surface area contributed by atoms with Crippen molar-refractivity contribution in [3.8, 4) is 5.75 Å². The van der Waals surface area contributed by atoms with Crippen LogP contribution in [0.15, 0.2) is 24.3 Å². The van der Waals surface area contributed by atoms with E-state index in [0.29, 0.717) is 5.75 Å². The lowest BCUT2D eigenvalue weighted by molar-refractivity contribution is 0.480. The minimum absolute atomic E-state index is 0.518. The molecule has 1 rings (SSSR count). The molecule has 0 aliphatic heterocycles. The number of unbranched alkanes of at least 4 members (excludes halogenated alkanes) is 3. The molecule has 0 aromatic heterocycles. The molecule has 0 aliphatic carbocycles. The molecule has 6 heteroatoms. The molecule has 0 saturated heterocycles. The van der Waals surface area contributed by atoms with E-state index >= 15 is 0 Å². The third-order valence-corrected chi connectivity index (χ3v) is 3.10. The minimum atomic E-state index is -3.48. The SMILES string of the molecule is NCCCCCCc1ccccc1OP(N)(N)=O. The second-order valence-electron chi connectivity index (χ2n) is 4.30. The van der Waals surface area contributed by atoms with Crippen molar-refractivity contribution in [2.45, 2.75) is 32.1 Å². The van der Waals surface area contributed by atoms with Crippen molar-refractivity contribution in [3.63, 3.8) is 0 Å². The van der Waals surface area contributed by atoms with Gasteiger partial charge in [0.05, 0.1) is 0 Å². The summed E-state index contributed by atoms with van der Waals surface area (Å²) in [5, 5.41) is 0. The van der Waals surface area contributed by atoms with Crippen molar-refractivity contribution >= 4 is 7.67 Å². The largest absolute Gasteiger partial charge is 0.422 e. The van der Waals surface area contributed by atoms with E-state index in [4.69, 9.17) is 21.3 Å². The molecule has 1 aromatic rings. The molecular weight excluding hydrogens is 249 g/mol. The molecule has 0 saturated carbocycles. The summed E-state index contributed by atoms with van der Waals surface area (Å²) in [4.78, 5) is 0. The molecule has 0 atom stereocenters. The van der Waals surface area contributed by atoms with Gasteiger partial charge in [-0.2, -0.15) is 0 Å². The summed E-state index contributed by atoms with van der Waals surface area (Å²) in [5.41, 5.74) is 16.9. The van der Waals surface area contributed by atoms with E-state index in [0.717, 1.165) is 44.2 Å². The van der Waals surface area contributed by atoms with Crippen LogP contribution in [-0.2, 0) is 11.0 Å². The maximum atomic E-state index is 11.3. The van der Waals surface area contributed by atoms with Gasteiger partial charge in [0.2, 0.25) is 0 Å². The quantitative estimate of drug-likeness (QED) is 0.496. The van der Waals surface area contributed by atoms with Crippen LogP contribution < -0.4 is 21.3 Å². The Morgan fingerprint density at radius 2 is 1.72 bits per heavy atom. The highest BCUT2D eigenvalue weighted by Gasteiger charge is 2.13. The van der Waals surface area contributed by atoms with Crippen molar-refractivity contribution in [3.05, 3.63) is 29.8 Å². The third kappa shape index (κ3) is 6.17. The molecule has 5 nitrogen and oxygen atoms in total. The zero-order valence-electron chi connectivity index (χ0n) is 10.5. The average molecular weight is 271 g/mol. The number of aryl methyl sites for hydroxylation is 1. The smallest absolute Gasteiger partial charge is 0.385 e. The van der Waals surface area contributed by atoms with E-state index in [1.165, 1.54) is 0 Å². The summed E-state index contributed by atoms with van der Waals surface area (Å²) < 4.78 is 16.4. The number of benzene rings is 1. The van der Waals surface area contributed by atoms with Crippen molar-refractivity contribution in [1.29, 1.82) is 0 Å². The van der Waals surface area contributed by atoms with Gasteiger partial charge in [0.1, 0.15) is 5.75 Å².